The van der Waals surface area contributed by atoms with Gasteiger partial charge in [-0.1, -0.05) is 51.3 Å². The highest BCUT2D eigenvalue weighted by Gasteiger charge is 2.17. The average Bonchev–Trinajstić information content (AvgIpc) is 2.40. The van der Waals surface area contributed by atoms with E-state index < -0.39 is 0 Å². The summed E-state index contributed by atoms with van der Waals surface area (Å²) in [6.45, 7) is 0. The van der Waals surface area contributed by atoms with E-state index >= 15 is 0 Å². The predicted molar refractivity (Wildman–Crippen MR) is 86.1 cm³/mol. The van der Waals surface area contributed by atoms with Gasteiger partial charge in [0.1, 0.15) is 5.82 Å². The first-order valence-corrected chi connectivity index (χ1v) is 7.63. The number of rotatable bonds is 4. The van der Waals surface area contributed by atoms with E-state index in [0.29, 0.717) is 22.0 Å². The topological polar surface area (TPSA) is 12.0 Å². The molecule has 106 valence electrons. The van der Waals surface area contributed by atoms with Gasteiger partial charge in [-0.3, -0.25) is 0 Å². The molecule has 0 heterocycles. The van der Waals surface area contributed by atoms with Crippen molar-refractivity contribution in [3.8, 4) is 0 Å². The van der Waals surface area contributed by atoms with E-state index in [0.717, 1.165) is 10.0 Å². The summed E-state index contributed by atoms with van der Waals surface area (Å²) in [6.07, 6.45) is 0.434. The molecule has 1 unspecified atom stereocenters. The molecule has 0 saturated carbocycles. The zero-order valence-electron chi connectivity index (χ0n) is 10.8. The maximum atomic E-state index is 13.9. The molecule has 2 rings (SSSR count). The Labute approximate surface area is 136 Å². The lowest BCUT2D eigenvalue weighted by Gasteiger charge is -2.19. The van der Waals surface area contributed by atoms with Gasteiger partial charge >= 0.3 is 0 Å². The van der Waals surface area contributed by atoms with Gasteiger partial charge in [0.25, 0.3) is 0 Å². The minimum absolute atomic E-state index is 0.106. The lowest BCUT2D eigenvalue weighted by molar-refractivity contribution is 0.554. The van der Waals surface area contributed by atoms with Gasteiger partial charge in [0.05, 0.1) is 0 Å². The average molecular weight is 377 g/mol. The third-order valence-electron chi connectivity index (χ3n) is 3.16. The molecule has 0 spiro atoms. The Morgan fingerprint density at radius 1 is 1.20 bits per heavy atom. The van der Waals surface area contributed by atoms with Crippen LogP contribution in [0, 0.1) is 5.82 Å². The minimum atomic E-state index is -0.300. The molecule has 1 atom stereocenters. The first-order valence-electron chi connectivity index (χ1n) is 6.08. The highest BCUT2D eigenvalue weighted by molar-refractivity contribution is 9.10. The van der Waals surface area contributed by atoms with Gasteiger partial charge in [0.15, 0.2) is 0 Å². The minimum Gasteiger partial charge on any atom is -0.313 e. The van der Waals surface area contributed by atoms with E-state index in [4.69, 9.17) is 23.2 Å². The molecule has 0 aliphatic rings. The van der Waals surface area contributed by atoms with Crippen LogP contribution in [0.2, 0.25) is 10.0 Å². The van der Waals surface area contributed by atoms with Crippen LogP contribution in [-0.2, 0) is 6.42 Å². The fraction of sp³-hybridized carbons (Fsp3) is 0.200. The van der Waals surface area contributed by atoms with E-state index in [1.165, 1.54) is 6.07 Å². The van der Waals surface area contributed by atoms with Crippen molar-refractivity contribution in [3.05, 3.63) is 67.9 Å². The van der Waals surface area contributed by atoms with Crippen molar-refractivity contribution in [1.29, 1.82) is 0 Å². The predicted octanol–water partition coefficient (Wildman–Crippen LogP) is 5.40. The SMILES string of the molecule is CNC(Cc1c(F)cccc1Cl)c1ccc(Br)cc1Cl. The Kier molecular flexibility index (Phi) is 5.44. The molecule has 0 amide bonds. The van der Waals surface area contributed by atoms with E-state index in [9.17, 15) is 4.39 Å². The van der Waals surface area contributed by atoms with Gasteiger partial charge in [-0.05, 0) is 43.3 Å². The van der Waals surface area contributed by atoms with Crippen molar-refractivity contribution >= 4 is 39.1 Å². The van der Waals surface area contributed by atoms with E-state index in [1.54, 1.807) is 12.1 Å². The summed E-state index contributed by atoms with van der Waals surface area (Å²) < 4.78 is 14.8. The van der Waals surface area contributed by atoms with Crippen LogP contribution in [0.5, 0.6) is 0 Å². The molecular weight excluding hydrogens is 364 g/mol. The molecule has 20 heavy (non-hydrogen) atoms. The van der Waals surface area contributed by atoms with Gasteiger partial charge in [0.2, 0.25) is 0 Å². The van der Waals surface area contributed by atoms with Gasteiger partial charge in [-0.2, -0.15) is 0 Å². The first kappa shape index (κ1) is 15.8. The molecule has 0 aromatic heterocycles. The Bertz CT molecular complexity index is 599. The second-order valence-electron chi connectivity index (χ2n) is 4.41. The fourth-order valence-electron chi connectivity index (χ4n) is 2.08. The van der Waals surface area contributed by atoms with Crippen LogP contribution in [0.25, 0.3) is 0 Å². The third-order valence-corrected chi connectivity index (χ3v) is 4.33. The Balaban J connectivity index is 2.34. The zero-order valence-corrected chi connectivity index (χ0v) is 13.9. The smallest absolute Gasteiger partial charge is 0.127 e. The zero-order chi connectivity index (χ0) is 14.7. The highest BCUT2D eigenvalue weighted by Crippen LogP contribution is 2.31. The van der Waals surface area contributed by atoms with Crippen LogP contribution >= 0.6 is 39.1 Å². The molecule has 0 aliphatic heterocycles. The van der Waals surface area contributed by atoms with Crippen LogP contribution in [0.4, 0.5) is 4.39 Å². The summed E-state index contributed by atoms with van der Waals surface area (Å²) in [4.78, 5) is 0. The van der Waals surface area contributed by atoms with Gasteiger partial charge in [0, 0.05) is 26.1 Å². The second kappa shape index (κ2) is 6.90. The first-order chi connectivity index (χ1) is 9.52. The van der Waals surface area contributed by atoms with Crippen molar-refractivity contribution < 1.29 is 4.39 Å². The number of hydrogen-bond donors (Lipinski definition) is 1. The van der Waals surface area contributed by atoms with Crippen molar-refractivity contribution in [2.45, 2.75) is 12.5 Å². The van der Waals surface area contributed by atoms with E-state index in [-0.39, 0.29) is 11.9 Å². The van der Waals surface area contributed by atoms with Crippen molar-refractivity contribution in [2.24, 2.45) is 0 Å². The molecular formula is C15H13BrCl2FN. The van der Waals surface area contributed by atoms with Crippen LogP contribution in [0.15, 0.2) is 40.9 Å². The molecule has 1 N–H and O–H groups in total. The molecule has 1 nitrogen and oxygen atoms in total. The Morgan fingerprint density at radius 3 is 2.55 bits per heavy atom. The Morgan fingerprint density at radius 2 is 1.95 bits per heavy atom. The maximum Gasteiger partial charge on any atom is 0.127 e. The molecule has 0 saturated heterocycles. The molecule has 0 fully saturated rings. The molecule has 0 radical (unpaired) electrons. The van der Waals surface area contributed by atoms with Crippen LogP contribution < -0.4 is 5.32 Å². The second-order valence-corrected chi connectivity index (χ2v) is 6.14. The molecule has 5 heteroatoms. The highest BCUT2D eigenvalue weighted by atomic mass is 79.9. The fourth-order valence-corrected chi connectivity index (χ4v) is 3.13. The van der Waals surface area contributed by atoms with Gasteiger partial charge < -0.3 is 5.32 Å². The largest absolute Gasteiger partial charge is 0.313 e. The number of likely N-dealkylation sites (N-methyl/N-ethyl adjacent to an activating group) is 1. The summed E-state index contributed by atoms with van der Waals surface area (Å²) in [6, 6.07) is 10.3. The summed E-state index contributed by atoms with van der Waals surface area (Å²) in [5, 5.41) is 4.22. The summed E-state index contributed by atoms with van der Waals surface area (Å²) in [7, 11) is 1.82. The lowest BCUT2D eigenvalue weighted by Crippen LogP contribution is -2.20. The van der Waals surface area contributed by atoms with Gasteiger partial charge in [-0.25, -0.2) is 4.39 Å². The monoisotopic (exact) mass is 375 g/mol. The number of halogens is 4. The van der Waals surface area contributed by atoms with Crippen LogP contribution in [0.3, 0.4) is 0 Å². The standard InChI is InChI=1S/C15H13BrCl2FN/c1-20-15(10-6-5-9(16)7-13(10)18)8-11-12(17)3-2-4-14(11)19/h2-7,15,20H,8H2,1H3. The number of benzene rings is 2. The molecule has 0 aliphatic carbocycles. The summed E-state index contributed by atoms with van der Waals surface area (Å²) in [5.74, 6) is -0.300. The van der Waals surface area contributed by atoms with Crippen molar-refractivity contribution in [3.63, 3.8) is 0 Å². The summed E-state index contributed by atoms with van der Waals surface area (Å²) >= 11 is 15.7. The van der Waals surface area contributed by atoms with Crippen molar-refractivity contribution in [1.82, 2.24) is 5.32 Å². The van der Waals surface area contributed by atoms with Gasteiger partial charge in [-0.15, -0.1) is 0 Å². The summed E-state index contributed by atoms with van der Waals surface area (Å²) in [5.41, 5.74) is 1.41. The number of nitrogens with one attached hydrogen (secondary N) is 1. The van der Waals surface area contributed by atoms with Crippen LogP contribution in [-0.4, -0.2) is 7.05 Å². The van der Waals surface area contributed by atoms with E-state index in [1.807, 2.05) is 25.2 Å². The lowest BCUT2D eigenvalue weighted by atomic mass is 9.98. The molecule has 2 aromatic rings. The van der Waals surface area contributed by atoms with Crippen molar-refractivity contribution in [2.75, 3.05) is 7.05 Å². The molecule has 0 bridgehead atoms. The molecule has 2 aromatic carbocycles. The van der Waals surface area contributed by atoms with E-state index in [2.05, 4.69) is 21.2 Å². The Hall–Kier alpha value is -0.610. The normalized spacial score (nSPS) is 12.4. The maximum absolute atomic E-state index is 13.9. The third kappa shape index (κ3) is 3.53. The quantitative estimate of drug-likeness (QED) is 0.753. The van der Waals surface area contributed by atoms with Crippen LogP contribution in [0.1, 0.15) is 17.2 Å². The number of hydrogen-bond acceptors (Lipinski definition) is 1.